The van der Waals surface area contributed by atoms with Crippen LogP contribution in [0, 0.1) is 13.8 Å². The van der Waals surface area contributed by atoms with Gasteiger partial charge in [0.05, 0.1) is 5.69 Å². The lowest BCUT2D eigenvalue weighted by Gasteiger charge is -1.93. The molecule has 2 heteroatoms. The molecule has 0 N–H and O–H groups in total. The van der Waals surface area contributed by atoms with Gasteiger partial charge in [-0.2, -0.15) is 0 Å². The van der Waals surface area contributed by atoms with Crippen LogP contribution in [0.15, 0.2) is 4.42 Å². The lowest BCUT2D eigenvalue weighted by Crippen LogP contribution is -1.84. The number of aromatic nitrogens is 1. The number of nitrogens with zero attached hydrogens (tertiary/aromatic N) is 1. The van der Waals surface area contributed by atoms with Crippen LogP contribution in [0.3, 0.4) is 0 Å². The standard InChI is InChI=1S/C9H15NO/c1-4-5-6-9-7(2)10-8(3)11-9/h4-6H2,1-3H3. The summed E-state index contributed by atoms with van der Waals surface area (Å²) in [6.45, 7) is 6.07. The Hall–Kier alpha value is -0.790. The molecule has 62 valence electrons. The zero-order valence-corrected chi connectivity index (χ0v) is 7.48. The Morgan fingerprint density at radius 3 is 2.55 bits per heavy atom. The first kappa shape index (κ1) is 8.31. The van der Waals surface area contributed by atoms with Crippen molar-refractivity contribution in [1.82, 2.24) is 4.98 Å². The van der Waals surface area contributed by atoms with E-state index >= 15 is 0 Å². The van der Waals surface area contributed by atoms with Crippen LogP contribution in [0.25, 0.3) is 0 Å². The maximum atomic E-state index is 5.41. The summed E-state index contributed by atoms with van der Waals surface area (Å²) in [5.74, 6) is 1.85. The summed E-state index contributed by atoms with van der Waals surface area (Å²) in [6.07, 6.45) is 3.43. The average Bonchev–Trinajstić information content (AvgIpc) is 2.26. The first-order valence-corrected chi connectivity index (χ1v) is 4.17. The highest BCUT2D eigenvalue weighted by molar-refractivity contribution is 5.07. The summed E-state index contributed by atoms with van der Waals surface area (Å²) < 4.78 is 5.41. The van der Waals surface area contributed by atoms with Crippen molar-refractivity contribution in [3.05, 3.63) is 17.3 Å². The molecule has 0 aliphatic heterocycles. The van der Waals surface area contributed by atoms with Gasteiger partial charge in [0.15, 0.2) is 5.89 Å². The van der Waals surface area contributed by atoms with Crippen LogP contribution in [-0.2, 0) is 6.42 Å². The van der Waals surface area contributed by atoms with E-state index in [0.29, 0.717) is 0 Å². The minimum Gasteiger partial charge on any atom is -0.446 e. The third kappa shape index (κ3) is 2.07. The van der Waals surface area contributed by atoms with Gasteiger partial charge in [-0.1, -0.05) is 13.3 Å². The van der Waals surface area contributed by atoms with Gasteiger partial charge in [0.2, 0.25) is 0 Å². The van der Waals surface area contributed by atoms with Gasteiger partial charge in [-0.25, -0.2) is 4.98 Å². The molecular formula is C9H15NO. The van der Waals surface area contributed by atoms with E-state index in [1.54, 1.807) is 0 Å². The Morgan fingerprint density at radius 2 is 2.09 bits per heavy atom. The molecule has 0 aliphatic carbocycles. The fourth-order valence-corrected chi connectivity index (χ4v) is 1.14. The Balaban J connectivity index is 2.62. The molecule has 0 fully saturated rings. The summed E-state index contributed by atoms with van der Waals surface area (Å²) in [7, 11) is 0. The summed E-state index contributed by atoms with van der Waals surface area (Å²) in [5, 5.41) is 0. The molecule has 1 aromatic heterocycles. The fourth-order valence-electron chi connectivity index (χ4n) is 1.14. The molecule has 2 nitrogen and oxygen atoms in total. The van der Waals surface area contributed by atoms with Gasteiger partial charge < -0.3 is 4.42 Å². The highest BCUT2D eigenvalue weighted by Crippen LogP contribution is 2.11. The highest BCUT2D eigenvalue weighted by Gasteiger charge is 2.04. The van der Waals surface area contributed by atoms with Crippen molar-refractivity contribution in [2.24, 2.45) is 0 Å². The van der Waals surface area contributed by atoms with E-state index in [1.165, 1.54) is 12.8 Å². The second kappa shape index (κ2) is 3.56. The SMILES string of the molecule is CCCCc1oc(C)nc1C. The number of aryl methyl sites for hydroxylation is 3. The Kier molecular flexibility index (Phi) is 2.69. The number of hydrogen-bond acceptors (Lipinski definition) is 2. The quantitative estimate of drug-likeness (QED) is 0.667. The minimum absolute atomic E-state index is 0.786. The Labute approximate surface area is 67.6 Å². The molecule has 0 bridgehead atoms. The van der Waals surface area contributed by atoms with Crippen molar-refractivity contribution >= 4 is 0 Å². The van der Waals surface area contributed by atoms with E-state index in [9.17, 15) is 0 Å². The average molecular weight is 153 g/mol. The van der Waals surface area contributed by atoms with Crippen LogP contribution < -0.4 is 0 Å². The molecule has 0 radical (unpaired) electrons. The smallest absolute Gasteiger partial charge is 0.191 e. The van der Waals surface area contributed by atoms with Crippen molar-refractivity contribution in [2.75, 3.05) is 0 Å². The van der Waals surface area contributed by atoms with Crippen molar-refractivity contribution < 1.29 is 4.42 Å². The molecule has 0 spiro atoms. The van der Waals surface area contributed by atoms with Crippen LogP contribution in [0.1, 0.15) is 37.1 Å². The molecule has 11 heavy (non-hydrogen) atoms. The molecule has 1 rings (SSSR count). The molecule has 0 aromatic carbocycles. The van der Waals surface area contributed by atoms with Crippen LogP contribution in [0.5, 0.6) is 0 Å². The molecule has 1 heterocycles. The summed E-state index contributed by atoms with van der Waals surface area (Å²) >= 11 is 0. The molecular weight excluding hydrogens is 138 g/mol. The molecule has 0 amide bonds. The van der Waals surface area contributed by atoms with Crippen molar-refractivity contribution in [1.29, 1.82) is 0 Å². The second-order valence-corrected chi connectivity index (χ2v) is 2.85. The fraction of sp³-hybridized carbons (Fsp3) is 0.667. The van der Waals surface area contributed by atoms with E-state index in [1.807, 2.05) is 13.8 Å². The second-order valence-electron chi connectivity index (χ2n) is 2.85. The van der Waals surface area contributed by atoms with Gasteiger partial charge in [0.1, 0.15) is 5.76 Å². The summed E-state index contributed by atoms with van der Waals surface area (Å²) in [6, 6.07) is 0. The van der Waals surface area contributed by atoms with Crippen LogP contribution in [0.4, 0.5) is 0 Å². The lowest BCUT2D eigenvalue weighted by molar-refractivity contribution is 0.467. The van der Waals surface area contributed by atoms with E-state index in [4.69, 9.17) is 4.42 Å². The topological polar surface area (TPSA) is 26.0 Å². The molecule has 0 saturated carbocycles. The normalized spacial score (nSPS) is 10.5. The predicted octanol–water partition coefficient (Wildman–Crippen LogP) is 2.63. The van der Waals surface area contributed by atoms with Gasteiger partial charge in [0, 0.05) is 13.3 Å². The number of unbranched alkanes of at least 4 members (excludes halogenated alkanes) is 1. The molecule has 0 unspecified atom stereocenters. The van der Waals surface area contributed by atoms with E-state index in [2.05, 4.69) is 11.9 Å². The zero-order valence-electron chi connectivity index (χ0n) is 7.48. The largest absolute Gasteiger partial charge is 0.446 e. The molecule has 0 saturated heterocycles. The molecule has 0 aliphatic rings. The maximum absolute atomic E-state index is 5.41. The van der Waals surface area contributed by atoms with Gasteiger partial charge in [0.25, 0.3) is 0 Å². The highest BCUT2D eigenvalue weighted by atomic mass is 16.4. The Bertz CT molecular complexity index is 227. The van der Waals surface area contributed by atoms with E-state index < -0.39 is 0 Å². The minimum atomic E-state index is 0.786. The monoisotopic (exact) mass is 153 g/mol. The van der Waals surface area contributed by atoms with E-state index in [0.717, 1.165) is 23.8 Å². The van der Waals surface area contributed by atoms with Gasteiger partial charge in [-0.3, -0.25) is 0 Å². The maximum Gasteiger partial charge on any atom is 0.191 e. The summed E-state index contributed by atoms with van der Waals surface area (Å²) in [4.78, 5) is 4.20. The van der Waals surface area contributed by atoms with Gasteiger partial charge >= 0.3 is 0 Å². The van der Waals surface area contributed by atoms with Gasteiger partial charge in [-0.15, -0.1) is 0 Å². The van der Waals surface area contributed by atoms with Crippen LogP contribution in [0.2, 0.25) is 0 Å². The molecule has 1 aromatic rings. The number of oxazole rings is 1. The first-order chi connectivity index (χ1) is 5.24. The zero-order chi connectivity index (χ0) is 8.27. The van der Waals surface area contributed by atoms with Crippen LogP contribution in [-0.4, -0.2) is 4.98 Å². The van der Waals surface area contributed by atoms with Crippen molar-refractivity contribution in [2.45, 2.75) is 40.0 Å². The van der Waals surface area contributed by atoms with Gasteiger partial charge in [-0.05, 0) is 13.3 Å². The third-order valence-electron chi connectivity index (χ3n) is 1.76. The third-order valence-corrected chi connectivity index (χ3v) is 1.76. The number of rotatable bonds is 3. The lowest BCUT2D eigenvalue weighted by atomic mass is 10.2. The molecule has 0 atom stereocenters. The van der Waals surface area contributed by atoms with E-state index in [-0.39, 0.29) is 0 Å². The summed E-state index contributed by atoms with van der Waals surface area (Å²) in [5.41, 5.74) is 1.05. The van der Waals surface area contributed by atoms with Crippen molar-refractivity contribution in [3.63, 3.8) is 0 Å². The predicted molar refractivity (Wildman–Crippen MR) is 44.6 cm³/mol. The Morgan fingerprint density at radius 1 is 1.36 bits per heavy atom. The van der Waals surface area contributed by atoms with Crippen molar-refractivity contribution in [3.8, 4) is 0 Å². The first-order valence-electron chi connectivity index (χ1n) is 4.17. The number of hydrogen-bond donors (Lipinski definition) is 0. The van der Waals surface area contributed by atoms with Crippen LogP contribution >= 0.6 is 0 Å².